The number of carbonyl (C=O) groups excluding carboxylic acids is 1. The molecule has 4 heterocycles. The number of thiophene rings is 1. The van der Waals surface area contributed by atoms with Crippen molar-refractivity contribution < 1.29 is 18.0 Å². The second-order valence-electron chi connectivity index (χ2n) is 7.90. The lowest BCUT2D eigenvalue weighted by Crippen LogP contribution is -2.35. The highest BCUT2D eigenvalue weighted by Gasteiger charge is 2.48. The van der Waals surface area contributed by atoms with Crippen LogP contribution in [0.2, 0.25) is 0 Å². The molecule has 0 aliphatic carbocycles. The zero-order valence-electron chi connectivity index (χ0n) is 17.9. The van der Waals surface area contributed by atoms with E-state index in [0.29, 0.717) is 0 Å². The fourth-order valence-corrected chi connectivity index (χ4v) is 5.27. The second kappa shape index (κ2) is 8.22. The number of anilines is 1. The molecule has 1 amide bonds. The molecule has 0 saturated heterocycles. The Morgan fingerprint density at radius 2 is 2.09 bits per heavy atom. The predicted molar refractivity (Wildman–Crippen MR) is 119 cm³/mol. The fourth-order valence-electron chi connectivity index (χ4n) is 3.94. The number of carbonyl (C=O) groups is 1. The highest BCUT2D eigenvalue weighted by Crippen LogP contribution is 2.47. The van der Waals surface area contributed by atoms with E-state index in [1.54, 1.807) is 23.9 Å². The smallest absolute Gasteiger partial charge is 0.362 e. The molecule has 172 valence electrons. The maximum Gasteiger partial charge on any atom is 0.410 e. The van der Waals surface area contributed by atoms with Crippen molar-refractivity contribution in [3.63, 3.8) is 0 Å². The van der Waals surface area contributed by atoms with Crippen molar-refractivity contribution in [2.24, 2.45) is 7.05 Å². The molecule has 0 spiro atoms. The zero-order valence-corrected chi connectivity index (χ0v) is 20.3. The minimum absolute atomic E-state index is 0.0599. The minimum Gasteiger partial charge on any atom is -0.362 e. The van der Waals surface area contributed by atoms with E-state index in [9.17, 15) is 18.0 Å². The first-order chi connectivity index (χ1) is 15.0. The first-order valence-electron chi connectivity index (χ1n) is 9.88. The Bertz CT molecular complexity index is 1150. The molecule has 1 aliphatic rings. The quantitative estimate of drug-likeness (QED) is 0.515. The normalized spacial score (nSPS) is 18.4. The van der Waals surface area contributed by atoms with Crippen LogP contribution in [0.15, 0.2) is 22.0 Å². The van der Waals surface area contributed by atoms with Gasteiger partial charge in [-0.25, -0.2) is 4.68 Å². The molecule has 2 atom stereocenters. The lowest BCUT2D eigenvalue weighted by molar-refractivity contribution is -0.173. The first-order valence-corrected chi connectivity index (χ1v) is 11.6. The van der Waals surface area contributed by atoms with Gasteiger partial charge in [-0.2, -0.15) is 23.4 Å². The molecule has 12 heteroatoms. The van der Waals surface area contributed by atoms with Crippen LogP contribution in [0, 0.1) is 13.8 Å². The number of hydrogen-bond acceptors (Lipinski definition) is 5. The van der Waals surface area contributed by atoms with E-state index in [1.165, 1.54) is 16.2 Å². The summed E-state index contributed by atoms with van der Waals surface area (Å²) in [4.78, 5) is 15.4. The van der Waals surface area contributed by atoms with Crippen LogP contribution in [0.3, 0.4) is 0 Å². The van der Waals surface area contributed by atoms with Gasteiger partial charge >= 0.3 is 6.18 Å². The summed E-state index contributed by atoms with van der Waals surface area (Å²) in [6, 6.07) is 1.24. The lowest BCUT2D eigenvalue weighted by atomic mass is 10.0. The van der Waals surface area contributed by atoms with Gasteiger partial charge in [0.1, 0.15) is 5.82 Å². The number of aryl methyl sites for hydroxylation is 2. The van der Waals surface area contributed by atoms with E-state index < -0.39 is 24.2 Å². The molecule has 0 saturated carbocycles. The van der Waals surface area contributed by atoms with Crippen molar-refractivity contribution in [3.05, 3.63) is 49.5 Å². The van der Waals surface area contributed by atoms with Crippen LogP contribution in [0.5, 0.6) is 0 Å². The Kier molecular flexibility index (Phi) is 5.86. The number of aromatic nitrogens is 4. The third kappa shape index (κ3) is 3.94. The summed E-state index contributed by atoms with van der Waals surface area (Å²) in [6.07, 6.45) is -4.71. The predicted octanol–water partition coefficient (Wildman–Crippen LogP) is 4.99. The zero-order chi connectivity index (χ0) is 23.4. The Hall–Kier alpha value is -2.34. The molecule has 0 aromatic carbocycles. The molecule has 3 aromatic rings. The van der Waals surface area contributed by atoms with E-state index in [-0.39, 0.29) is 29.0 Å². The Balaban J connectivity index is 1.67. The number of hydrogen-bond donors (Lipinski definition) is 1. The number of fused-ring (bicyclic) bond motifs is 1. The van der Waals surface area contributed by atoms with Crippen molar-refractivity contribution >= 4 is 39.0 Å². The Labute approximate surface area is 195 Å². The summed E-state index contributed by atoms with van der Waals surface area (Å²) in [5, 5.41) is 13.4. The summed E-state index contributed by atoms with van der Waals surface area (Å²) >= 11 is 4.72. The first kappa shape index (κ1) is 22.8. The van der Waals surface area contributed by atoms with Gasteiger partial charge in [0.15, 0.2) is 11.7 Å². The van der Waals surface area contributed by atoms with Gasteiger partial charge in [0.25, 0.3) is 5.91 Å². The summed E-state index contributed by atoms with van der Waals surface area (Å²) in [5.74, 6) is -0.320. The number of alkyl halides is 3. The van der Waals surface area contributed by atoms with Crippen molar-refractivity contribution in [1.29, 1.82) is 0 Å². The molecule has 4 rings (SSSR count). The summed E-state index contributed by atoms with van der Waals surface area (Å²) in [6.45, 7) is 4.03. The summed E-state index contributed by atoms with van der Waals surface area (Å²) < 4.78 is 44.6. The van der Waals surface area contributed by atoms with E-state index >= 15 is 0 Å². The summed E-state index contributed by atoms with van der Waals surface area (Å²) in [7, 11) is 3.42. The third-order valence-electron chi connectivity index (χ3n) is 5.79. The van der Waals surface area contributed by atoms with Crippen molar-refractivity contribution in [1.82, 2.24) is 24.5 Å². The van der Waals surface area contributed by atoms with E-state index in [1.807, 2.05) is 26.3 Å². The standard InChI is InChI=1S/C20H22BrF3N6OS/c1-10-12(11(2)29(4)26-10)9-28(3)19(31)17-16(21)18-25-13(14-6-5-7-32-14)8-15(20(22,23)24)30(18)27-17/h5-7,13,15,25H,8-9H2,1-4H3/t13-,15-/m1/s1. The maximum atomic E-state index is 13.9. The van der Waals surface area contributed by atoms with Crippen LogP contribution in [-0.2, 0) is 13.6 Å². The fraction of sp³-hybridized carbons (Fsp3) is 0.450. The van der Waals surface area contributed by atoms with E-state index in [4.69, 9.17) is 0 Å². The topological polar surface area (TPSA) is 68.0 Å². The highest BCUT2D eigenvalue weighted by atomic mass is 79.9. The number of amides is 1. The van der Waals surface area contributed by atoms with Crippen LogP contribution >= 0.6 is 27.3 Å². The van der Waals surface area contributed by atoms with Crippen LogP contribution in [0.1, 0.15) is 50.8 Å². The van der Waals surface area contributed by atoms with E-state index in [0.717, 1.165) is 26.5 Å². The molecule has 0 radical (unpaired) electrons. The Morgan fingerprint density at radius 3 is 2.66 bits per heavy atom. The van der Waals surface area contributed by atoms with Gasteiger partial charge in [-0.05, 0) is 41.2 Å². The van der Waals surface area contributed by atoms with Gasteiger partial charge in [-0.15, -0.1) is 11.3 Å². The van der Waals surface area contributed by atoms with E-state index in [2.05, 4.69) is 31.4 Å². The number of nitrogens with zero attached hydrogens (tertiary/aromatic N) is 5. The van der Waals surface area contributed by atoms with Gasteiger partial charge in [0, 0.05) is 43.2 Å². The molecule has 1 N–H and O–H groups in total. The van der Waals surface area contributed by atoms with Crippen molar-refractivity contribution in [3.8, 4) is 0 Å². The average Bonchev–Trinajstić information content (AvgIpc) is 3.42. The third-order valence-corrected chi connectivity index (χ3v) is 7.52. The SMILES string of the molecule is Cc1nn(C)c(C)c1CN(C)C(=O)c1nn2c(c1Br)N[C@@H](c1cccs1)C[C@@H]2C(F)(F)F. The van der Waals surface area contributed by atoms with Crippen molar-refractivity contribution in [2.75, 3.05) is 12.4 Å². The number of nitrogens with one attached hydrogen (secondary N) is 1. The minimum atomic E-state index is -4.51. The molecule has 0 unspecified atom stereocenters. The number of halogens is 4. The Morgan fingerprint density at radius 1 is 1.38 bits per heavy atom. The molecule has 32 heavy (non-hydrogen) atoms. The van der Waals surface area contributed by atoms with Crippen LogP contribution in [-0.4, -0.2) is 43.6 Å². The summed E-state index contributed by atoms with van der Waals surface area (Å²) in [5.41, 5.74) is 2.55. The molecular formula is C20H22BrF3N6OS. The second-order valence-corrected chi connectivity index (χ2v) is 9.67. The maximum absolute atomic E-state index is 13.9. The van der Waals surface area contributed by atoms with Crippen LogP contribution in [0.25, 0.3) is 0 Å². The van der Waals surface area contributed by atoms with Gasteiger partial charge in [0.05, 0.1) is 16.2 Å². The van der Waals surface area contributed by atoms with Gasteiger partial charge in [0.2, 0.25) is 0 Å². The average molecular weight is 531 g/mol. The molecular weight excluding hydrogens is 509 g/mol. The number of rotatable bonds is 4. The van der Waals surface area contributed by atoms with Gasteiger partial charge < -0.3 is 10.2 Å². The monoisotopic (exact) mass is 530 g/mol. The highest BCUT2D eigenvalue weighted by molar-refractivity contribution is 9.10. The largest absolute Gasteiger partial charge is 0.410 e. The van der Waals surface area contributed by atoms with Crippen LogP contribution in [0.4, 0.5) is 19.0 Å². The van der Waals surface area contributed by atoms with Gasteiger partial charge in [-0.3, -0.25) is 9.48 Å². The van der Waals surface area contributed by atoms with Gasteiger partial charge in [-0.1, -0.05) is 6.07 Å². The molecule has 0 bridgehead atoms. The van der Waals surface area contributed by atoms with Crippen LogP contribution < -0.4 is 5.32 Å². The lowest BCUT2D eigenvalue weighted by Gasteiger charge is -2.33. The molecule has 1 aliphatic heterocycles. The molecule has 0 fully saturated rings. The molecule has 3 aromatic heterocycles. The van der Waals surface area contributed by atoms with Crippen molar-refractivity contribution in [2.45, 2.75) is 45.1 Å². The molecule has 7 nitrogen and oxygen atoms in total.